The van der Waals surface area contributed by atoms with Crippen LogP contribution in [0.1, 0.15) is 42.6 Å². The van der Waals surface area contributed by atoms with E-state index in [1.54, 1.807) is 0 Å². The number of unbranched alkanes of at least 4 members (excludes halogenated alkanes) is 1. The molecule has 0 bridgehead atoms. The summed E-state index contributed by atoms with van der Waals surface area (Å²) in [5, 5.41) is 0. The molecule has 0 aliphatic heterocycles. The maximum absolute atomic E-state index is 6.27. The third-order valence-electron chi connectivity index (χ3n) is 4.18. The summed E-state index contributed by atoms with van der Waals surface area (Å²) in [5.74, 6) is 1.19. The molecule has 2 rings (SSSR count). The van der Waals surface area contributed by atoms with Crippen LogP contribution in [0.25, 0.3) is 0 Å². The first-order valence-electron chi connectivity index (χ1n) is 9.16. The molecule has 0 fully saturated rings. The lowest BCUT2D eigenvalue weighted by atomic mass is 10.00. The Balaban J connectivity index is 2.17. The quantitative estimate of drug-likeness (QED) is 0.408. The first kappa shape index (κ1) is 20.0. The monoisotopic (exact) mass is 357 g/mol. The molecule has 0 spiro atoms. The SMILES string of the molecule is CCCCSc1ccc(C(OCCN(C)C)c2ccccc2)cc1C. The summed E-state index contributed by atoms with van der Waals surface area (Å²) in [6.45, 7) is 6.09. The summed E-state index contributed by atoms with van der Waals surface area (Å²) in [7, 11) is 4.15. The van der Waals surface area contributed by atoms with E-state index in [1.807, 2.05) is 11.8 Å². The lowest BCUT2D eigenvalue weighted by Crippen LogP contribution is -2.20. The van der Waals surface area contributed by atoms with Crippen molar-refractivity contribution < 1.29 is 4.74 Å². The van der Waals surface area contributed by atoms with Crippen LogP contribution < -0.4 is 0 Å². The number of hydrogen-bond donors (Lipinski definition) is 0. The van der Waals surface area contributed by atoms with Crippen molar-refractivity contribution in [1.82, 2.24) is 4.90 Å². The molecule has 25 heavy (non-hydrogen) atoms. The Labute approximate surface area is 157 Å². The van der Waals surface area contributed by atoms with Crippen LogP contribution in [0.4, 0.5) is 0 Å². The van der Waals surface area contributed by atoms with Gasteiger partial charge in [0, 0.05) is 11.4 Å². The van der Waals surface area contributed by atoms with E-state index in [0.29, 0.717) is 0 Å². The highest BCUT2D eigenvalue weighted by atomic mass is 32.2. The van der Waals surface area contributed by atoms with Crippen LogP contribution in [-0.2, 0) is 4.74 Å². The van der Waals surface area contributed by atoms with E-state index in [0.717, 1.165) is 13.2 Å². The van der Waals surface area contributed by atoms with E-state index >= 15 is 0 Å². The number of likely N-dealkylation sites (N-methyl/N-ethyl adjacent to an activating group) is 1. The Hall–Kier alpha value is -1.29. The van der Waals surface area contributed by atoms with E-state index in [-0.39, 0.29) is 6.10 Å². The molecule has 0 N–H and O–H groups in total. The Morgan fingerprint density at radius 2 is 1.80 bits per heavy atom. The molecule has 0 saturated carbocycles. The topological polar surface area (TPSA) is 12.5 Å². The van der Waals surface area contributed by atoms with Gasteiger partial charge in [0.15, 0.2) is 0 Å². The van der Waals surface area contributed by atoms with Crippen molar-refractivity contribution in [2.75, 3.05) is 33.0 Å². The van der Waals surface area contributed by atoms with Gasteiger partial charge in [0.1, 0.15) is 6.10 Å². The molecule has 0 heterocycles. The number of nitrogens with zero attached hydrogens (tertiary/aromatic N) is 1. The molecule has 0 amide bonds. The molecule has 0 aliphatic rings. The van der Waals surface area contributed by atoms with Gasteiger partial charge in [-0.05, 0) is 55.9 Å². The van der Waals surface area contributed by atoms with E-state index < -0.39 is 0 Å². The summed E-state index contributed by atoms with van der Waals surface area (Å²) in [6.07, 6.45) is 2.51. The van der Waals surface area contributed by atoms with Gasteiger partial charge in [-0.3, -0.25) is 0 Å². The molecule has 2 aromatic carbocycles. The first-order chi connectivity index (χ1) is 12.1. The van der Waals surface area contributed by atoms with Crippen molar-refractivity contribution in [2.45, 2.75) is 37.7 Å². The minimum atomic E-state index is -0.00505. The maximum atomic E-state index is 6.27. The molecular weight excluding hydrogens is 326 g/mol. The zero-order valence-corrected chi connectivity index (χ0v) is 16.8. The molecule has 1 unspecified atom stereocenters. The third-order valence-corrected chi connectivity index (χ3v) is 5.44. The van der Waals surface area contributed by atoms with Gasteiger partial charge in [0.2, 0.25) is 0 Å². The first-order valence-corrected chi connectivity index (χ1v) is 10.1. The van der Waals surface area contributed by atoms with Crippen molar-refractivity contribution in [1.29, 1.82) is 0 Å². The minimum Gasteiger partial charge on any atom is -0.367 e. The van der Waals surface area contributed by atoms with Crippen molar-refractivity contribution in [3.8, 4) is 0 Å². The largest absolute Gasteiger partial charge is 0.367 e. The molecule has 0 aliphatic carbocycles. The van der Waals surface area contributed by atoms with Crippen molar-refractivity contribution in [3.05, 3.63) is 65.2 Å². The zero-order chi connectivity index (χ0) is 18.1. The van der Waals surface area contributed by atoms with Gasteiger partial charge in [-0.25, -0.2) is 0 Å². The fourth-order valence-electron chi connectivity index (χ4n) is 2.69. The molecule has 0 aromatic heterocycles. The average Bonchev–Trinajstić information content (AvgIpc) is 2.61. The Morgan fingerprint density at radius 1 is 1.04 bits per heavy atom. The molecule has 0 saturated heterocycles. The minimum absolute atomic E-state index is 0.00505. The number of hydrogen-bond acceptors (Lipinski definition) is 3. The summed E-state index contributed by atoms with van der Waals surface area (Å²) in [5.41, 5.74) is 3.80. The molecule has 2 nitrogen and oxygen atoms in total. The van der Waals surface area contributed by atoms with Gasteiger partial charge < -0.3 is 9.64 Å². The molecule has 0 radical (unpaired) electrons. The van der Waals surface area contributed by atoms with Crippen LogP contribution in [0, 0.1) is 6.92 Å². The number of ether oxygens (including phenoxy) is 1. The fraction of sp³-hybridized carbons (Fsp3) is 0.455. The molecule has 2 aromatic rings. The van der Waals surface area contributed by atoms with Crippen LogP contribution in [0.5, 0.6) is 0 Å². The smallest absolute Gasteiger partial charge is 0.108 e. The molecule has 1 atom stereocenters. The Morgan fingerprint density at radius 3 is 2.44 bits per heavy atom. The van der Waals surface area contributed by atoms with Crippen molar-refractivity contribution in [2.24, 2.45) is 0 Å². The van der Waals surface area contributed by atoms with Crippen LogP contribution >= 0.6 is 11.8 Å². The highest BCUT2D eigenvalue weighted by Crippen LogP contribution is 2.31. The van der Waals surface area contributed by atoms with Crippen LogP contribution in [0.15, 0.2) is 53.4 Å². The summed E-state index contributed by atoms with van der Waals surface area (Å²) in [4.78, 5) is 3.54. The van der Waals surface area contributed by atoms with Gasteiger partial charge in [0.05, 0.1) is 6.61 Å². The third kappa shape index (κ3) is 6.50. The number of rotatable bonds is 10. The van der Waals surface area contributed by atoms with E-state index in [4.69, 9.17) is 4.74 Å². The average molecular weight is 358 g/mol. The normalized spacial score (nSPS) is 12.5. The number of thioether (sulfide) groups is 1. The van der Waals surface area contributed by atoms with Gasteiger partial charge in [-0.1, -0.05) is 55.8 Å². The summed E-state index contributed by atoms with van der Waals surface area (Å²) < 4.78 is 6.27. The lowest BCUT2D eigenvalue weighted by molar-refractivity contribution is 0.0686. The highest BCUT2D eigenvalue weighted by molar-refractivity contribution is 7.99. The second-order valence-electron chi connectivity index (χ2n) is 6.69. The molecular formula is C22H31NOS. The highest BCUT2D eigenvalue weighted by Gasteiger charge is 2.16. The second-order valence-corrected chi connectivity index (χ2v) is 7.83. The van der Waals surface area contributed by atoms with Crippen LogP contribution in [0.2, 0.25) is 0 Å². The van der Waals surface area contributed by atoms with Gasteiger partial charge in [0.25, 0.3) is 0 Å². The molecule has 3 heteroatoms. The predicted octanol–water partition coefficient (Wildman–Crippen LogP) is 5.55. The lowest BCUT2D eigenvalue weighted by Gasteiger charge is -2.21. The summed E-state index contributed by atoms with van der Waals surface area (Å²) >= 11 is 1.96. The van der Waals surface area contributed by atoms with E-state index in [1.165, 1.54) is 40.2 Å². The number of benzene rings is 2. The van der Waals surface area contributed by atoms with E-state index in [2.05, 4.69) is 81.4 Å². The Bertz CT molecular complexity index is 627. The second kappa shape index (κ2) is 10.6. The summed E-state index contributed by atoms with van der Waals surface area (Å²) in [6, 6.07) is 17.3. The van der Waals surface area contributed by atoms with Gasteiger partial charge in [-0.2, -0.15) is 0 Å². The van der Waals surface area contributed by atoms with Crippen LogP contribution in [-0.4, -0.2) is 37.9 Å². The van der Waals surface area contributed by atoms with Gasteiger partial charge in [-0.15, -0.1) is 11.8 Å². The van der Waals surface area contributed by atoms with Crippen molar-refractivity contribution >= 4 is 11.8 Å². The van der Waals surface area contributed by atoms with Gasteiger partial charge >= 0.3 is 0 Å². The fourth-order valence-corrected chi connectivity index (χ4v) is 3.79. The maximum Gasteiger partial charge on any atom is 0.108 e. The van der Waals surface area contributed by atoms with Crippen molar-refractivity contribution in [3.63, 3.8) is 0 Å². The Kier molecular flexibility index (Phi) is 8.53. The zero-order valence-electron chi connectivity index (χ0n) is 16.0. The predicted molar refractivity (Wildman–Crippen MR) is 110 cm³/mol. The number of aryl methyl sites for hydroxylation is 1. The standard InChI is InChI=1S/C22H31NOS/c1-5-6-16-25-21-13-12-20(17-18(21)2)22(24-15-14-23(3)4)19-10-8-7-9-11-19/h7-13,17,22H,5-6,14-16H2,1-4H3. The van der Waals surface area contributed by atoms with E-state index in [9.17, 15) is 0 Å². The van der Waals surface area contributed by atoms with Crippen LogP contribution in [0.3, 0.4) is 0 Å². The molecule has 136 valence electrons.